The Kier molecular flexibility index (Phi) is 3.13. The van der Waals surface area contributed by atoms with Gasteiger partial charge >= 0.3 is 5.82 Å². The maximum Gasteiger partial charge on any atom is 0.372 e. The fourth-order valence-corrected chi connectivity index (χ4v) is 3.06. The molecular weight excluding hydrogens is 286 g/mol. The van der Waals surface area contributed by atoms with Gasteiger partial charge in [-0.2, -0.15) is 9.38 Å². The van der Waals surface area contributed by atoms with E-state index in [-0.39, 0.29) is 5.82 Å². The van der Waals surface area contributed by atoms with Gasteiger partial charge in [0.2, 0.25) is 5.82 Å². The van der Waals surface area contributed by atoms with E-state index in [4.69, 9.17) is 0 Å². The molecule has 3 aromatic heterocycles. The highest BCUT2D eigenvalue weighted by molar-refractivity contribution is 7.15. The molecule has 1 N–H and O–H groups in total. The minimum atomic E-state index is -0.418. The molecule has 3 aromatic rings. The fourth-order valence-electron chi connectivity index (χ4n) is 1.73. The molecule has 0 saturated heterocycles. The summed E-state index contributed by atoms with van der Waals surface area (Å²) in [6, 6.07) is 0. The molecule has 3 heterocycles. The first-order chi connectivity index (χ1) is 9.25. The summed E-state index contributed by atoms with van der Waals surface area (Å²) in [4.78, 5) is 19.7. The van der Waals surface area contributed by atoms with Gasteiger partial charge in [0.15, 0.2) is 0 Å². The molecule has 0 saturated carbocycles. The third-order valence-electron chi connectivity index (χ3n) is 2.52. The number of nitrogens with zero attached hydrogens (tertiary/aromatic N) is 4. The van der Waals surface area contributed by atoms with E-state index in [9.17, 15) is 10.1 Å². The monoisotopic (exact) mass is 295 g/mol. The largest absolute Gasteiger partial charge is 0.372 e. The van der Waals surface area contributed by atoms with Crippen molar-refractivity contribution >= 4 is 39.3 Å². The first-order valence-corrected chi connectivity index (χ1v) is 7.24. The molecule has 0 atom stereocenters. The molecule has 0 fully saturated rings. The van der Waals surface area contributed by atoms with E-state index in [1.165, 1.54) is 15.7 Å². The van der Waals surface area contributed by atoms with Crippen LogP contribution in [0.5, 0.6) is 0 Å². The summed E-state index contributed by atoms with van der Waals surface area (Å²) in [6.07, 6.45) is 4.12. The van der Waals surface area contributed by atoms with Crippen LogP contribution in [0.15, 0.2) is 23.2 Å². The number of nitrogens with one attached hydrogen (secondary N) is 1. The summed E-state index contributed by atoms with van der Waals surface area (Å²) in [5, 5.41) is 18.8. The van der Waals surface area contributed by atoms with E-state index in [2.05, 4.69) is 15.3 Å². The average molecular weight is 295 g/mol. The maximum atomic E-state index is 11.1. The number of thiazole rings is 2. The second-order valence-electron chi connectivity index (χ2n) is 3.70. The van der Waals surface area contributed by atoms with Gasteiger partial charge in [0, 0.05) is 29.9 Å². The quantitative estimate of drug-likeness (QED) is 0.577. The third kappa shape index (κ3) is 2.29. The molecule has 0 radical (unpaired) electrons. The Morgan fingerprint density at radius 1 is 1.42 bits per heavy atom. The molecule has 0 aromatic carbocycles. The Labute approximate surface area is 115 Å². The molecule has 0 amide bonds. The second kappa shape index (κ2) is 4.94. The number of hydrogen-bond acceptors (Lipinski definition) is 7. The Morgan fingerprint density at radius 2 is 2.32 bits per heavy atom. The van der Waals surface area contributed by atoms with Crippen molar-refractivity contribution in [2.45, 2.75) is 6.42 Å². The normalized spacial score (nSPS) is 10.9. The highest BCUT2D eigenvalue weighted by atomic mass is 32.1. The number of anilines is 1. The zero-order valence-electron chi connectivity index (χ0n) is 9.65. The lowest BCUT2D eigenvalue weighted by molar-refractivity contribution is -0.389. The average Bonchev–Trinajstić information content (AvgIpc) is 3.02. The third-order valence-corrected chi connectivity index (χ3v) is 4.12. The molecule has 0 spiro atoms. The predicted octanol–water partition coefficient (Wildman–Crippen LogP) is 2.42. The van der Waals surface area contributed by atoms with Crippen LogP contribution >= 0.6 is 22.7 Å². The Balaban J connectivity index is 1.78. The highest BCUT2D eigenvalue weighted by Gasteiger charge is 2.23. The van der Waals surface area contributed by atoms with E-state index in [1.54, 1.807) is 29.1 Å². The summed E-state index contributed by atoms with van der Waals surface area (Å²) < 4.78 is 1.48. The van der Waals surface area contributed by atoms with Crippen molar-refractivity contribution in [1.82, 2.24) is 14.4 Å². The molecule has 19 heavy (non-hydrogen) atoms. The zero-order valence-corrected chi connectivity index (χ0v) is 11.3. The predicted molar refractivity (Wildman–Crippen MR) is 74.0 cm³/mol. The van der Waals surface area contributed by atoms with Crippen LogP contribution < -0.4 is 5.32 Å². The van der Waals surface area contributed by atoms with Crippen LogP contribution in [-0.2, 0) is 6.42 Å². The van der Waals surface area contributed by atoms with E-state index in [0.717, 1.165) is 11.4 Å². The van der Waals surface area contributed by atoms with Gasteiger partial charge in [0.05, 0.1) is 5.01 Å². The van der Waals surface area contributed by atoms with E-state index < -0.39 is 4.92 Å². The van der Waals surface area contributed by atoms with Crippen molar-refractivity contribution < 1.29 is 4.92 Å². The Hall–Kier alpha value is -2.00. The van der Waals surface area contributed by atoms with Crippen LogP contribution in [0.25, 0.3) is 4.96 Å². The van der Waals surface area contributed by atoms with Crippen molar-refractivity contribution in [2.75, 3.05) is 11.9 Å². The van der Waals surface area contributed by atoms with Crippen molar-refractivity contribution in [3.05, 3.63) is 38.3 Å². The van der Waals surface area contributed by atoms with Gasteiger partial charge < -0.3 is 15.4 Å². The van der Waals surface area contributed by atoms with Crippen molar-refractivity contribution in [2.24, 2.45) is 0 Å². The SMILES string of the molecule is O=[N+]([O-])c1c(NCCc2nccs2)nc2sccn12. The van der Waals surface area contributed by atoms with Crippen LogP contribution in [-0.4, -0.2) is 25.8 Å². The number of aromatic nitrogens is 3. The summed E-state index contributed by atoms with van der Waals surface area (Å²) in [5.74, 6) is 0.295. The Morgan fingerprint density at radius 3 is 3.05 bits per heavy atom. The molecule has 0 unspecified atom stereocenters. The molecular formula is C10H9N5O2S2. The molecule has 0 aliphatic rings. The van der Waals surface area contributed by atoms with Gasteiger partial charge in [-0.3, -0.25) is 0 Å². The zero-order chi connectivity index (χ0) is 13.2. The van der Waals surface area contributed by atoms with Crippen molar-refractivity contribution in [3.63, 3.8) is 0 Å². The van der Waals surface area contributed by atoms with Gasteiger partial charge in [0.1, 0.15) is 6.20 Å². The smallest absolute Gasteiger partial charge is 0.363 e. The number of fused-ring (bicyclic) bond motifs is 1. The molecule has 0 aliphatic carbocycles. The van der Waals surface area contributed by atoms with E-state index in [1.807, 2.05) is 5.38 Å². The van der Waals surface area contributed by atoms with E-state index in [0.29, 0.717) is 17.3 Å². The van der Waals surface area contributed by atoms with Gasteiger partial charge in [-0.05, 0) is 4.92 Å². The molecule has 7 nitrogen and oxygen atoms in total. The maximum absolute atomic E-state index is 11.1. The van der Waals surface area contributed by atoms with Gasteiger partial charge in [0.25, 0.3) is 4.96 Å². The van der Waals surface area contributed by atoms with Gasteiger partial charge in [-0.15, -0.1) is 11.3 Å². The van der Waals surface area contributed by atoms with Gasteiger partial charge in [-0.25, -0.2) is 4.98 Å². The first kappa shape index (κ1) is 12.1. The molecule has 9 heteroatoms. The lowest BCUT2D eigenvalue weighted by Gasteiger charge is -2.01. The standard InChI is InChI=1S/C10H9N5O2S2/c16-15(17)9-8(13-10-14(9)4-6-19-10)12-2-1-7-11-3-5-18-7/h3-6,12H,1-2H2. The van der Waals surface area contributed by atoms with Crippen LogP contribution in [0.4, 0.5) is 11.6 Å². The lowest BCUT2D eigenvalue weighted by atomic mass is 10.4. The number of rotatable bonds is 5. The fraction of sp³-hybridized carbons (Fsp3) is 0.200. The molecule has 3 rings (SSSR count). The second-order valence-corrected chi connectivity index (χ2v) is 5.55. The molecule has 0 aliphatic heterocycles. The summed E-state index contributed by atoms with van der Waals surface area (Å²) in [5.41, 5.74) is 0. The van der Waals surface area contributed by atoms with Crippen LogP contribution in [0.1, 0.15) is 5.01 Å². The molecule has 0 bridgehead atoms. The summed E-state index contributed by atoms with van der Waals surface area (Å²) in [6.45, 7) is 0.569. The van der Waals surface area contributed by atoms with E-state index >= 15 is 0 Å². The highest BCUT2D eigenvalue weighted by Crippen LogP contribution is 2.27. The van der Waals surface area contributed by atoms with Crippen molar-refractivity contribution in [1.29, 1.82) is 0 Å². The molecule has 98 valence electrons. The van der Waals surface area contributed by atoms with Crippen LogP contribution in [0.3, 0.4) is 0 Å². The van der Waals surface area contributed by atoms with Crippen LogP contribution in [0.2, 0.25) is 0 Å². The van der Waals surface area contributed by atoms with Crippen LogP contribution in [0, 0.1) is 10.1 Å². The van der Waals surface area contributed by atoms with Crippen molar-refractivity contribution in [3.8, 4) is 0 Å². The number of hydrogen-bond donors (Lipinski definition) is 1. The lowest BCUT2D eigenvalue weighted by Crippen LogP contribution is -2.07. The minimum absolute atomic E-state index is 0.0182. The summed E-state index contributed by atoms with van der Waals surface area (Å²) >= 11 is 2.93. The summed E-state index contributed by atoms with van der Waals surface area (Å²) in [7, 11) is 0. The topological polar surface area (TPSA) is 85.4 Å². The number of nitro groups is 1. The number of imidazole rings is 1. The first-order valence-electron chi connectivity index (χ1n) is 5.48. The Bertz CT molecular complexity index is 703. The van der Waals surface area contributed by atoms with Gasteiger partial charge in [-0.1, -0.05) is 11.3 Å². The minimum Gasteiger partial charge on any atom is -0.363 e.